The van der Waals surface area contributed by atoms with E-state index >= 15 is 0 Å². The average molecular weight is 291 g/mol. The molecule has 0 bridgehead atoms. The van der Waals surface area contributed by atoms with Gasteiger partial charge in [0.1, 0.15) is 12.4 Å². The topological polar surface area (TPSA) is 112 Å². The largest absolute Gasteiger partial charge is 0.493 e. The first-order chi connectivity index (χ1) is 10.0. The molecule has 1 amide bonds. The zero-order valence-corrected chi connectivity index (χ0v) is 11.2. The van der Waals surface area contributed by atoms with Crippen LogP contribution in [0.3, 0.4) is 0 Å². The Hall–Kier alpha value is -2.96. The molecule has 0 saturated heterocycles. The van der Waals surface area contributed by atoms with Gasteiger partial charge in [-0.1, -0.05) is 0 Å². The van der Waals surface area contributed by atoms with E-state index in [1.807, 2.05) is 0 Å². The summed E-state index contributed by atoms with van der Waals surface area (Å²) in [5.74, 6) is -0.799. The van der Waals surface area contributed by atoms with Crippen LogP contribution < -0.4 is 15.2 Å². The van der Waals surface area contributed by atoms with Gasteiger partial charge in [0.05, 0.1) is 7.11 Å². The maximum absolute atomic E-state index is 11.1. The third-order valence-corrected chi connectivity index (χ3v) is 2.69. The van der Waals surface area contributed by atoms with E-state index in [1.54, 1.807) is 6.07 Å². The molecule has 2 aromatic rings. The highest BCUT2D eigenvalue weighted by Gasteiger charge is 2.12. The molecule has 110 valence electrons. The van der Waals surface area contributed by atoms with E-state index in [4.69, 9.17) is 24.7 Å². The first-order valence-corrected chi connectivity index (χ1v) is 5.94. The van der Waals surface area contributed by atoms with Gasteiger partial charge < -0.3 is 24.7 Å². The van der Waals surface area contributed by atoms with E-state index in [9.17, 15) is 9.59 Å². The SMILES string of the molecule is COc1cc(C(N)=O)ccc1OCc1ccc(C(=O)O)o1. The number of amides is 1. The van der Waals surface area contributed by atoms with Gasteiger partial charge in [0.2, 0.25) is 11.7 Å². The molecule has 21 heavy (non-hydrogen) atoms. The summed E-state index contributed by atoms with van der Waals surface area (Å²) in [5, 5.41) is 8.75. The van der Waals surface area contributed by atoms with Crippen LogP contribution in [0.4, 0.5) is 0 Å². The summed E-state index contributed by atoms with van der Waals surface area (Å²) in [7, 11) is 1.43. The van der Waals surface area contributed by atoms with Crippen molar-refractivity contribution in [1.82, 2.24) is 0 Å². The second kappa shape index (κ2) is 6.00. The van der Waals surface area contributed by atoms with E-state index in [2.05, 4.69) is 0 Å². The number of primary amides is 1. The van der Waals surface area contributed by atoms with Crippen LogP contribution in [0.1, 0.15) is 26.7 Å². The van der Waals surface area contributed by atoms with Crippen LogP contribution in [-0.2, 0) is 6.61 Å². The lowest BCUT2D eigenvalue weighted by Crippen LogP contribution is -2.11. The molecule has 2 rings (SSSR count). The molecule has 0 radical (unpaired) electrons. The van der Waals surface area contributed by atoms with Crippen molar-refractivity contribution < 1.29 is 28.6 Å². The summed E-state index contributed by atoms with van der Waals surface area (Å²) >= 11 is 0. The Balaban J connectivity index is 2.11. The number of hydrogen-bond acceptors (Lipinski definition) is 5. The molecular weight excluding hydrogens is 278 g/mol. The van der Waals surface area contributed by atoms with E-state index in [0.29, 0.717) is 22.8 Å². The molecule has 0 aliphatic carbocycles. The van der Waals surface area contributed by atoms with Crippen molar-refractivity contribution in [3.63, 3.8) is 0 Å². The van der Waals surface area contributed by atoms with Crippen molar-refractivity contribution >= 4 is 11.9 Å². The molecule has 7 heteroatoms. The molecule has 1 heterocycles. The van der Waals surface area contributed by atoms with Crippen molar-refractivity contribution in [3.8, 4) is 11.5 Å². The molecule has 0 fully saturated rings. The van der Waals surface area contributed by atoms with Crippen molar-refractivity contribution in [2.45, 2.75) is 6.61 Å². The van der Waals surface area contributed by atoms with Gasteiger partial charge in [0.25, 0.3) is 0 Å². The zero-order chi connectivity index (χ0) is 15.4. The van der Waals surface area contributed by atoms with Crippen LogP contribution in [0.15, 0.2) is 34.7 Å². The summed E-state index contributed by atoms with van der Waals surface area (Å²) in [6.45, 7) is 0.0273. The van der Waals surface area contributed by atoms with Crippen molar-refractivity contribution in [2.24, 2.45) is 5.73 Å². The lowest BCUT2D eigenvalue weighted by atomic mass is 10.2. The molecule has 3 N–H and O–H groups in total. The number of nitrogens with two attached hydrogens (primary N) is 1. The van der Waals surface area contributed by atoms with Crippen molar-refractivity contribution in [2.75, 3.05) is 7.11 Å². The summed E-state index contributed by atoms with van der Waals surface area (Å²) in [6, 6.07) is 7.36. The lowest BCUT2D eigenvalue weighted by Gasteiger charge is -2.10. The van der Waals surface area contributed by atoms with Crippen LogP contribution >= 0.6 is 0 Å². The van der Waals surface area contributed by atoms with Crippen molar-refractivity contribution in [1.29, 1.82) is 0 Å². The fraction of sp³-hybridized carbons (Fsp3) is 0.143. The Morgan fingerprint density at radius 3 is 2.57 bits per heavy atom. The number of hydrogen-bond donors (Lipinski definition) is 2. The maximum atomic E-state index is 11.1. The smallest absolute Gasteiger partial charge is 0.371 e. The van der Waals surface area contributed by atoms with Crippen LogP contribution in [0.25, 0.3) is 0 Å². The number of rotatable bonds is 6. The second-order valence-electron chi connectivity index (χ2n) is 4.09. The number of carbonyl (C=O) groups excluding carboxylic acids is 1. The number of furan rings is 1. The van der Waals surface area contributed by atoms with Gasteiger partial charge in [-0.15, -0.1) is 0 Å². The van der Waals surface area contributed by atoms with Crippen LogP contribution in [0.2, 0.25) is 0 Å². The Labute approximate surface area is 119 Å². The predicted molar refractivity (Wildman–Crippen MR) is 71.5 cm³/mol. The Morgan fingerprint density at radius 1 is 1.24 bits per heavy atom. The van der Waals surface area contributed by atoms with Gasteiger partial charge in [0.15, 0.2) is 11.5 Å². The monoisotopic (exact) mass is 291 g/mol. The number of methoxy groups -OCH3 is 1. The van der Waals surface area contributed by atoms with Crippen molar-refractivity contribution in [3.05, 3.63) is 47.4 Å². The Morgan fingerprint density at radius 2 is 2.00 bits per heavy atom. The van der Waals surface area contributed by atoms with E-state index < -0.39 is 11.9 Å². The Kier molecular flexibility index (Phi) is 4.13. The molecule has 1 aromatic heterocycles. The predicted octanol–water partition coefficient (Wildman–Crippen LogP) is 1.66. The highest BCUT2D eigenvalue weighted by molar-refractivity contribution is 5.93. The fourth-order valence-corrected chi connectivity index (χ4v) is 1.66. The third-order valence-electron chi connectivity index (χ3n) is 2.69. The van der Waals surface area contributed by atoms with E-state index in [0.717, 1.165) is 0 Å². The van der Waals surface area contributed by atoms with Gasteiger partial charge in [-0.2, -0.15) is 0 Å². The number of carbonyl (C=O) groups is 2. The van der Waals surface area contributed by atoms with Gasteiger partial charge in [0, 0.05) is 5.56 Å². The normalized spacial score (nSPS) is 10.1. The summed E-state index contributed by atoms with van der Waals surface area (Å²) < 4.78 is 15.7. The summed E-state index contributed by atoms with van der Waals surface area (Å²) in [6.07, 6.45) is 0. The minimum Gasteiger partial charge on any atom is -0.493 e. The molecule has 0 aliphatic rings. The molecular formula is C14H13NO6. The molecule has 1 aromatic carbocycles. The molecule has 0 saturated carbocycles. The zero-order valence-electron chi connectivity index (χ0n) is 11.2. The first kappa shape index (κ1) is 14.4. The number of carboxylic acids is 1. The van der Waals surface area contributed by atoms with Gasteiger partial charge in [-0.05, 0) is 30.3 Å². The van der Waals surface area contributed by atoms with Crippen LogP contribution in [0.5, 0.6) is 11.5 Å². The Bertz CT molecular complexity index is 676. The van der Waals surface area contributed by atoms with E-state index in [1.165, 1.54) is 31.4 Å². The number of aromatic carboxylic acids is 1. The summed E-state index contributed by atoms with van der Waals surface area (Å²) in [5.41, 5.74) is 5.47. The second-order valence-corrected chi connectivity index (χ2v) is 4.09. The number of benzene rings is 1. The highest BCUT2D eigenvalue weighted by Crippen LogP contribution is 2.28. The number of ether oxygens (including phenoxy) is 2. The first-order valence-electron chi connectivity index (χ1n) is 5.94. The maximum Gasteiger partial charge on any atom is 0.371 e. The van der Waals surface area contributed by atoms with E-state index in [-0.39, 0.29) is 12.4 Å². The molecule has 0 spiro atoms. The standard InChI is InChI=1S/C14H13NO6/c1-19-12-6-8(13(15)16)2-4-10(12)20-7-9-3-5-11(21-9)14(17)18/h2-6H,7H2,1H3,(H2,15,16)(H,17,18). The van der Waals surface area contributed by atoms with Crippen LogP contribution in [-0.4, -0.2) is 24.1 Å². The average Bonchev–Trinajstić information content (AvgIpc) is 2.93. The highest BCUT2D eigenvalue weighted by atomic mass is 16.5. The minimum atomic E-state index is -1.15. The fourth-order valence-electron chi connectivity index (χ4n) is 1.66. The molecule has 0 unspecified atom stereocenters. The molecule has 7 nitrogen and oxygen atoms in total. The quantitative estimate of drug-likeness (QED) is 0.837. The van der Waals surface area contributed by atoms with Gasteiger partial charge >= 0.3 is 5.97 Å². The van der Waals surface area contributed by atoms with Gasteiger partial charge in [-0.25, -0.2) is 4.79 Å². The summed E-state index contributed by atoms with van der Waals surface area (Å²) in [4.78, 5) is 21.8. The molecule has 0 atom stereocenters. The number of carboxylic acid groups (broad SMARTS) is 1. The van der Waals surface area contributed by atoms with Gasteiger partial charge in [-0.3, -0.25) is 4.79 Å². The third kappa shape index (κ3) is 3.33. The lowest BCUT2D eigenvalue weighted by molar-refractivity contribution is 0.0658. The minimum absolute atomic E-state index is 0.0273. The van der Waals surface area contributed by atoms with Crippen LogP contribution in [0, 0.1) is 0 Å². The molecule has 0 aliphatic heterocycles.